The van der Waals surface area contributed by atoms with Crippen LogP contribution in [0.15, 0.2) is 66.9 Å². The molecule has 6 nitrogen and oxygen atoms in total. The molecule has 0 spiro atoms. The number of para-hydroxylation sites is 1. The predicted octanol–water partition coefficient (Wildman–Crippen LogP) is 6.16. The zero-order valence-corrected chi connectivity index (χ0v) is 21.3. The summed E-state index contributed by atoms with van der Waals surface area (Å²) < 4.78 is 0.901. The Balaban J connectivity index is 1.47. The number of carbonyl (C=O) groups excluding carboxylic acids is 2. The molecule has 2 aromatic carbocycles. The molecule has 3 aromatic rings. The van der Waals surface area contributed by atoms with Crippen molar-refractivity contribution < 1.29 is 9.59 Å². The van der Waals surface area contributed by atoms with E-state index in [-0.39, 0.29) is 22.7 Å². The molecule has 0 aliphatic carbocycles. The molecule has 0 saturated carbocycles. The van der Waals surface area contributed by atoms with E-state index >= 15 is 0 Å². The number of aromatic nitrogens is 1. The second-order valence-electron chi connectivity index (χ2n) is 9.36. The summed E-state index contributed by atoms with van der Waals surface area (Å²) in [4.78, 5) is 32.6. The molecule has 0 unspecified atom stereocenters. The lowest BCUT2D eigenvalue weighted by Crippen LogP contribution is -2.35. The van der Waals surface area contributed by atoms with E-state index in [9.17, 15) is 9.59 Å². The number of benzene rings is 2. The van der Waals surface area contributed by atoms with Crippen molar-refractivity contribution >= 4 is 46.7 Å². The first-order chi connectivity index (χ1) is 16.7. The molecule has 1 aliphatic rings. The molecule has 1 saturated heterocycles. The van der Waals surface area contributed by atoms with E-state index in [2.05, 4.69) is 29.0 Å². The van der Waals surface area contributed by atoms with E-state index in [0.717, 1.165) is 24.1 Å². The standard InChI is InChI=1S/C27H28Cl2N4O2/c1-27(2,18-32-15-5-6-16-32)20-11-9-19(10-12-20)25(34)31-23-8-4-3-7-22(23)26(35)33(29)24-14-13-21(28)17-30-24/h3-4,7-14,17H,5-6,15-16,18H2,1-2H3,(H,31,34). The summed E-state index contributed by atoms with van der Waals surface area (Å²) in [5.74, 6) is -0.592. The van der Waals surface area contributed by atoms with Crippen molar-refractivity contribution in [2.24, 2.45) is 0 Å². The summed E-state index contributed by atoms with van der Waals surface area (Å²) in [5, 5.41) is 3.28. The van der Waals surface area contributed by atoms with Crippen molar-refractivity contribution in [1.29, 1.82) is 0 Å². The predicted molar refractivity (Wildman–Crippen MR) is 141 cm³/mol. The fourth-order valence-electron chi connectivity index (χ4n) is 4.33. The third kappa shape index (κ3) is 6.01. The lowest BCUT2D eigenvalue weighted by Gasteiger charge is -2.30. The number of hydrogen-bond acceptors (Lipinski definition) is 4. The molecule has 4 rings (SSSR count). The maximum Gasteiger partial charge on any atom is 0.276 e. The van der Waals surface area contributed by atoms with Gasteiger partial charge in [0.1, 0.15) is 0 Å². The highest BCUT2D eigenvalue weighted by Gasteiger charge is 2.26. The highest BCUT2D eigenvalue weighted by Crippen LogP contribution is 2.27. The van der Waals surface area contributed by atoms with Crippen LogP contribution in [-0.2, 0) is 5.41 Å². The molecule has 8 heteroatoms. The molecule has 2 amide bonds. The minimum Gasteiger partial charge on any atom is -0.321 e. The average molecular weight is 511 g/mol. The zero-order chi connectivity index (χ0) is 25.0. The first-order valence-corrected chi connectivity index (χ1v) is 12.3. The van der Waals surface area contributed by atoms with Gasteiger partial charge in [0.2, 0.25) is 0 Å². The molecule has 35 heavy (non-hydrogen) atoms. The van der Waals surface area contributed by atoms with Crippen molar-refractivity contribution in [3.05, 3.63) is 88.6 Å². The van der Waals surface area contributed by atoms with Gasteiger partial charge >= 0.3 is 0 Å². The number of hydrogen-bond donors (Lipinski definition) is 1. The molecular weight excluding hydrogens is 483 g/mol. The Morgan fingerprint density at radius 1 is 1.03 bits per heavy atom. The molecule has 1 aromatic heterocycles. The Labute approximate surface area is 216 Å². The number of amides is 2. The normalized spacial score (nSPS) is 14.1. The molecule has 1 fully saturated rings. The number of anilines is 2. The monoisotopic (exact) mass is 510 g/mol. The molecule has 0 radical (unpaired) electrons. The fraction of sp³-hybridized carbons (Fsp3) is 0.296. The van der Waals surface area contributed by atoms with Crippen LogP contribution in [-0.4, -0.2) is 41.3 Å². The Bertz CT molecular complexity index is 1190. The van der Waals surface area contributed by atoms with Gasteiger partial charge in [0, 0.05) is 35.5 Å². The maximum atomic E-state index is 13.0. The second-order valence-corrected chi connectivity index (χ2v) is 10.1. The van der Waals surface area contributed by atoms with Gasteiger partial charge in [-0.2, -0.15) is 4.42 Å². The number of pyridine rings is 1. The molecule has 0 atom stereocenters. The third-order valence-corrected chi connectivity index (χ3v) is 6.79. The number of nitrogens with zero attached hydrogens (tertiary/aromatic N) is 3. The molecular formula is C27H28Cl2N4O2. The van der Waals surface area contributed by atoms with Crippen LogP contribution in [0.3, 0.4) is 0 Å². The maximum absolute atomic E-state index is 13.0. The highest BCUT2D eigenvalue weighted by molar-refractivity contribution is 6.39. The van der Waals surface area contributed by atoms with Gasteiger partial charge < -0.3 is 10.2 Å². The van der Waals surface area contributed by atoms with Crippen LogP contribution in [0, 0.1) is 0 Å². The number of nitrogens with one attached hydrogen (secondary N) is 1. The number of carbonyl (C=O) groups is 2. The lowest BCUT2D eigenvalue weighted by atomic mass is 9.83. The fourth-order valence-corrected chi connectivity index (χ4v) is 4.63. The van der Waals surface area contributed by atoms with Crippen LogP contribution in [0.25, 0.3) is 0 Å². The number of halogens is 2. The van der Waals surface area contributed by atoms with Gasteiger partial charge in [-0.3, -0.25) is 9.59 Å². The summed E-state index contributed by atoms with van der Waals surface area (Å²) in [6.07, 6.45) is 3.93. The first kappa shape index (κ1) is 25.2. The molecule has 182 valence electrons. The van der Waals surface area contributed by atoms with Crippen LogP contribution in [0.4, 0.5) is 11.5 Å². The van der Waals surface area contributed by atoms with Gasteiger partial charge in [-0.05, 0) is 67.9 Å². The van der Waals surface area contributed by atoms with E-state index in [4.69, 9.17) is 23.4 Å². The van der Waals surface area contributed by atoms with Crippen molar-refractivity contribution in [2.75, 3.05) is 29.4 Å². The van der Waals surface area contributed by atoms with Gasteiger partial charge in [-0.1, -0.05) is 49.7 Å². The molecule has 1 N–H and O–H groups in total. The molecule has 1 aliphatic heterocycles. The first-order valence-electron chi connectivity index (χ1n) is 11.6. The van der Waals surface area contributed by atoms with Gasteiger partial charge in [-0.15, -0.1) is 0 Å². The van der Waals surface area contributed by atoms with Gasteiger partial charge in [0.05, 0.1) is 16.3 Å². The summed E-state index contributed by atoms with van der Waals surface area (Å²) in [7, 11) is 0. The Hall–Kier alpha value is -2.93. The second kappa shape index (κ2) is 10.8. The van der Waals surface area contributed by atoms with Gasteiger partial charge in [0.25, 0.3) is 11.8 Å². The lowest BCUT2D eigenvalue weighted by molar-refractivity contribution is 0.101. The number of rotatable bonds is 7. The molecule has 0 bridgehead atoms. The van der Waals surface area contributed by atoms with Crippen LogP contribution >= 0.6 is 23.4 Å². The van der Waals surface area contributed by atoms with Crippen LogP contribution in [0.2, 0.25) is 5.02 Å². The topological polar surface area (TPSA) is 65.5 Å². The van der Waals surface area contributed by atoms with Gasteiger partial charge in [0.15, 0.2) is 5.82 Å². The van der Waals surface area contributed by atoms with Crippen molar-refractivity contribution in [2.45, 2.75) is 32.1 Å². The average Bonchev–Trinajstić information content (AvgIpc) is 3.36. The van der Waals surface area contributed by atoms with E-state index in [1.54, 1.807) is 36.4 Å². The smallest absolute Gasteiger partial charge is 0.276 e. The Kier molecular flexibility index (Phi) is 7.75. The van der Waals surface area contributed by atoms with E-state index in [1.807, 2.05) is 24.3 Å². The summed E-state index contributed by atoms with van der Waals surface area (Å²) in [5.41, 5.74) is 2.29. The van der Waals surface area contributed by atoms with Crippen molar-refractivity contribution in [3.8, 4) is 0 Å². The third-order valence-electron chi connectivity index (χ3n) is 6.24. The zero-order valence-electron chi connectivity index (χ0n) is 19.8. The van der Waals surface area contributed by atoms with Crippen LogP contribution in [0.5, 0.6) is 0 Å². The van der Waals surface area contributed by atoms with Crippen LogP contribution in [0.1, 0.15) is 53.0 Å². The quantitative estimate of drug-likeness (QED) is 0.386. The minimum atomic E-state index is -0.517. The minimum absolute atomic E-state index is 0.0160. The largest absolute Gasteiger partial charge is 0.321 e. The Morgan fingerprint density at radius 2 is 1.71 bits per heavy atom. The SMILES string of the molecule is CC(C)(CN1CCCC1)c1ccc(C(=O)Nc2ccccc2C(=O)N(Cl)c2ccc(Cl)cn2)cc1. The highest BCUT2D eigenvalue weighted by atomic mass is 35.5. The van der Waals surface area contributed by atoms with Crippen molar-refractivity contribution in [3.63, 3.8) is 0 Å². The van der Waals surface area contributed by atoms with Crippen molar-refractivity contribution in [1.82, 2.24) is 9.88 Å². The Morgan fingerprint density at radius 3 is 2.37 bits per heavy atom. The molecule has 2 heterocycles. The van der Waals surface area contributed by atoms with E-state index in [1.165, 1.54) is 24.6 Å². The van der Waals surface area contributed by atoms with E-state index in [0.29, 0.717) is 16.3 Å². The summed E-state index contributed by atoms with van der Waals surface area (Å²) >= 11 is 12.1. The van der Waals surface area contributed by atoms with Crippen LogP contribution < -0.4 is 9.74 Å². The summed E-state index contributed by atoms with van der Waals surface area (Å²) in [6, 6.07) is 17.5. The van der Waals surface area contributed by atoms with Gasteiger partial charge in [-0.25, -0.2) is 4.98 Å². The van der Waals surface area contributed by atoms with E-state index < -0.39 is 5.91 Å². The summed E-state index contributed by atoms with van der Waals surface area (Å²) in [6.45, 7) is 7.75. The number of likely N-dealkylation sites (tertiary alicyclic amines) is 1.